The van der Waals surface area contributed by atoms with Crippen LogP contribution in [0.4, 0.5) is 0 Å². The van der Waals surface area contributed by atoms with Gasteiger partial charge in [0.25, 0.3) is 0 Å². The number of hydrogen-bond acceptors (Lipinski definition) is 3. The van der Waals surface area contributed by atoms with Crippen molar-refractivity contribution in [1.29, 1.82) is 0 Å². The Morgan fingerprint density at radius 3 is 2.14 bits per heavy atom. The standard InChI is InChI=1S/C11H12O3/c1-5-7(3)13-8(4)10-9(5)6(2)11(12)14-10/h1-4H3. The monoisotopic (exact) mass is 192 g/mol. The smallest absolute Gasteiger partial charge is 0.340 e. The van der Waals surface area contributed by atoms with E-state index in [2.05, 4.69) is 0 Å². The molecule has 0 fully saturated rings. The number of rotatable bonds is 0. The zero-order valence-corrected chi connectivity index (χ0v) is 8.72. The fourth-order valence-corrected chi connectivity index (χ4v) is 1.72. The van der Waals surface area contributed by atoms with E-state index in [-0.39, 0.29) is 5.63 Å². The Labute approximate surface area is 81.7 Å². The second-order valence-corrected chi connectivity index (χ2v) is 3.56. The first-order valence-electron chi connectivity index (χ1n) is 4.52. The first-order valence-corrected chi connectivity index (χ1v) is 4.52. The molecular weight excluding hydrogens is 180 g/mol. The summed E-state index contributed by atoms with van der Waals surface area (Å²) in [7, 11) is 0. The van der Waals surface area contributed by atoms with E-state index in [4.69, 9.17) is 8.83 Å². The molecule has 0 amide bonds. The quantitative estimate of drug-likeness (QED) is 0.644. The van der Waals surface area contributed by atoms with Crippen molar-refractivity contribution < 1.29 is 8.83 Å². The van der Waals surface area contributed by atoms with Crippen LogP contribution in [0.15, 0.2) is 13.6 Å². The Morgan fingerprint density at radius 2 is 1.50 bits per heavy atom. The second-order valence-electron chi connectivity index (χ2n) is 3.56. The van der Waals surface area contributed by atoms with Gasteiger partial charge in [0, 0.05) is 11.1 Å². The summed E-state index contributed by atoms with van der Waals surface area (Å²) in [6, 6.07) is 0. The summed E-state index contributed by atoms with van der Waals surface area (Å²) in [6.07, 6.45) is 0. The highest BCUT2D eigenvalue weighted by molar-refractivity contribution is 5.68. The minimum atomic E-state index is -0.271. The molecular formula is C11H12O3. The maximum Gasteiger partial charge on any atom is 0.340 e. The molecule has 0 unspecified atom stereocenters. The van der Waals surface area contributed by atoms with Crippen molar-refractivity contribution in [3.05, 3.63) is 33.1 Å². The van der Waals surface area contributed by atoms with Gasteiger partial charge in [0.15, 0.2) is 5.76 Å². The average molecular weight is 192 g/mol. The Bertz CT molecular complexity index is 516. The summed E-state index contributed by atoms with van der Waals surface area (Å²) in [6.45, 7) is 7.40. The van der Waals surface area contributed by atoms with Gasteiger partial charge < -0.3 is 8.83 Å². The molecule has 0 saturated carbocycles. The number of fused-ring (bicyclic) bond motifs is 1. The van der Waals surface area contributed by atoms with Gasteiger partial charge in [-0.25, -0.2) is 4.79 Å². The minimum absolute atomic E-state index is 0.271. The maximum atomic E-state index is 11.3. The highest BCUT2D eigenvalue weighted by Crippen LogP contribution is 2.32. The molecule has 2 aliphatic heterocycles. The molecule has 2 heterocycles. The molecule has 3 nitrogen and oxygen atoms in total. The van der Waals surface area contributed by atoms with Gasteiger partial charge in [0.2, 0.25) is 0 Å². The zero-order chi connectivity index (χ0) is 10.5. The van der Waals surface area contributed by atoms with Gasteiger partial charge in [-0.1, -0.05) is 0 Å². The molecule has 0 saturated heterocycles. The van der Waals surface area contributed by atoms with Gasteiger partial charge in [-0.2, -0.15) is 0 Å². The summed E-state index contributed by atoms with van der Waals surface area (Å²) >= 11 is 0. The molecule has 0 radical (unpaired) electrons. The minimum Gasteiger partial charge on any atom is -0.462 e. The Balaban J connectivity index is 3.00. The third kappa shape index (κ3) is 1.02. The van der Waals surface area contributed by atoms with Gasteiger partial charge in [0.1, 0.15) is 11.5 Å². The van der Waals surface area contributed by atoms with Crippen LogP contribution in [0.3, 0.4) is 0 Å². The molecule has 74 valence electrons. The predicted molar refractivity (Wildman–Crippen MR) is 52.8 cm³/mol. The molecule has 0 N–H and O–H groups in total. The summed E-state index contributed by atoms with van der Waals surface area (Å²) < 4.78 is 10.6. The van der Waals surface area contributed by atoms with Crippen molar-refractivity contribution in [2.24, 2.45) is 0 Å². The van der Waals surface area contributed by atoms with Crippen LogP contribution in [0.2, 0.25) is 0 Å². The van der Waals surface area contributed by atoms with E-state index >= 15 is 0 Å². The maximum absolute atomic E-state index is 11.3. The molecule has 3 heteroatoms. The fourth-order valence-electron chi connectivity index (χ4n) is 1.72. The van der Waals surface area contributed by atoms with Gasteiger partial charge in [0.05, 0.1) is 0 Å². The van der Waals surface area contributed by atoms with Crippen LogP contribution in [-0.4, -0.2) is 0 Å². The van der Waals surface area contributed by atoms with Crippen LogP contribution in [0, 0.1) is 27.7 Å². The molecule has 0 spiro atoms. The van der Waals surface area contributed by atoms with E-state index in [9.17, 15) is 4.79 Å². The molecule has 0 aromatic carbocycles. The van der Waals surface area contributed by atoms with E-state index in [1.165, 1.54) is 0 Å². The van der Waals surface area contributed by atoms with E-state index in [0.717, 1.165) is 16.9 Å². The van der Waals surface area contributed by atoms with Crippen molar-refractivity contribution in [3.8, 4) is 11.3 Å². The fraction of sp³-hybridized carbons (Fsp3) is 0.364. The summed E-state index contributed by atoms with van der Waals surface area (Å²) in [5, 5.41) is 0. The number of aryl methyl sites for hydroxylation is 2. The molecule has 0 aromatic heterocycles. The van der Waals surface area contributed by atoms with Gasteiger partial charge in [-0.15, -0.1) is 0 Å². The SMILES string of the molecule is Cc1oc(C)c(C)c2c(C)c(=O)oc1-2. The molecule has 0 bridgehead atoms. The zero-order valence-electron chi connectivity index (χ0n) is 8.72. The molecule has 0 aliphatic carbocycles. The first kappa shape index (κ1) is 9.06. The van der Waals surface area contributed by atoms with Crippen LogP contribution in [0.5, 0.6) is 0 Å². The Hall–Kier alpha value is -1.51. The van der Waals surface area contributed by atoms with E-state index < -0.39 is 0 Å². The third-order valence-corrected chi connectivity index (χ3v) is 2.63. The van der Waals surface area contributed by atoms with E-state index in [0.29, 0.717) is 17.1 Å². The largest absolute Gasteiger partial charge is 0.462 e. The van der Waals surface area contributed by atoms with Crippen LogP contribution >= 0.6 is 0 Å². The molecule has 0 aromatic rings. The molecule has 2 aliphatic rings. The molecule has 0 atom stereocenters. The third-order valence-electron chi connectivity index (χ3n) is 2.63. The highest BCUT2D eigenvalue weighted by atomic mass is 16.4. The molecule has 2 rings (SSSR count). The van der Waals surface area contributed by atoms with Crippen LogP contribution < -0.4 is 5.63 Å². The van der Waals surface area contributed by atoms with Crippen LogP contribution in [0.1, 0.15) is 22.6 Å². The van der Waals surface area contributed by atoms with Crippen molar-refractivity contribution >= 4 is 0 Å². The van der Waals surface area contributed by atoms with E-state index in [1.54, 1.807) is 13.8 Å². The summed E-state index contributed by atoms with van der Waals surface area (Å²) in [5.41, 5.74) is 2.27. The number of hydrogen-bond donors (Lipinski definition) is 0. The van der Waals surface area contributed by atoms with Crippen molar-refractivity contribution in [1.82, 2.24) is 0 Å². The molecule has 14 heavy (non-hydrogen) atoms. The average Bonchev–Trinajstić information content (AvgIpc) is 2.41. The van der Waals surface area contributed by atoms with Crippen molar-refractivity contribution in [3.63, 3.8) is 0 Å². The Morgan fingerprint density at radius 1 is 0.857 bits per heavy atom. The lowest BCUT2D eigenvalue weighted by atomic mass is 10.0. The van der Waals surface area contributed by atoms with Crippen molar-refractivity contribution in [2.45, 2.75) is 27.7 Å². The topological polar surface area (TPSA) is 43.4 Å². The summed E-state index contributed by atoms with van der Waals surface area (Å²) in [5.74, 6) is 2.07. The van der Waals surface area contributed by atoms with Gasteiger partial charge in [-0.05, 0) is 33.3 Å². The van der Waals surface area contributed by atoms with Crippen LogP contribution in [0.25, 0.3) is 11.3 Å². The van der Waals surface area contributed by atoms with Gasteiger partial charge in [-0.3, -0.25) is 0 Å². The van der Waals surface area contributed by atoms with E-state index in [1.807, 2.05) is 13.8 Å². The normalized spacial score (nSPS) is 11.1. The van der Waals surface area contributed by atoms with Crippen LogP contribution in [-0.2, 0) is 0 Å². The van der Waals surface area contributed by atoms with Gasteiger partial charge >= 0.3 is 5.63 Å². The lowest BCUT2D eigenvalue weighted by molar-refractivity contribution is 0.448. The highest BCUT2D eigenvalue weighted by Gasteiger charge is 2.22. The second kappa shape index (κ2) is 2.74. The first-order chi connectivity index (χ1) is 6.52. The van der Waals surface area contributed by atoms with Crippen molar-refractivity contribution in [2.75, 3.05) is 0 Å². The Kier molecular flexibility index (Phi) is 1.77. The lowest BCUT2D eigenvalue weighted by Crippen LogP contribution is -1.95. The lowest BCUT2D eigenvalue weighted by Gasteiger charge is -2.07. The predicted octanol–water partition coefficient (Wildman–Crippen LogP) is 2.57. The number of furan rings is 1. The summed E-state index contributed by atoms with van der Waals surface area (Å²) in [4.78, 5) is 11.3.